The average Bonchev–Trinajstić information content (AvgIpc) is 2.93. The van der Waals surface area contributed by atoms with Crippen LogP contribution in [0.5, 0.6) is 23.0 Å². The van der Waals surface area contributed by atoms with Crippen molar-refractivity contribution in [3.8, 4) is 23.0 Å². The van der Waals surface area contributed by atoms with E-state index in [4.69, 9.17) is 23.7 Å². The van der Waals surface area contributed by atoms with Crippen LogP contribution < -0.4 is 35.0 Å². The van der Waals surface area contributed by atoms with Gasteiger partial charge >= 0.3 is 12.0 Å². The third-order valence-corrected chi connectivity index (χ3v) is 6.38. The van der Waals surface area contributed by atoms with Crippen LogP contribution in [0.3, 0.4) is 0 Å². The highest BCUT2D eigenvalue weighted by molar-refractivity contribution is 9.10. The van der Waals surface area contributed by atoms with E-state index in [2.05, 4.69) is 37.1 Å². The van der Waals surface area contributed by atoms with Crippen molar-refractivity contribution in [1.82, 2.24) is 16.1 Å². The van der Waals surface area contributed by atoms with Crippen LogP contribution in [0.1, 0.15) is 51.8 Å². The molecule has 1 aliphatic rings. The molecule has 0 spiro atoms. The van der Waals surface area contributed by atoms with Crippen molar-refractivity contribution in [2.45, 2.75) is 53.0 Å². The maximum Gasteiger partial charge on any atom is 0.337 e. The lowest BCUT2D eigenvalue weighted by atomic mass is 9.95. The minimum atomic E-state index is -1.14. The van der Waals surface area contributed by atoms with Crippen LogP contribution in [0.15, 0.2) is 51.2 Å². The van der Waals surface area contributed by atoms with Gasteiger partial charge in [0.15, 0.2) is 29.2 Å². The van der Waals surface area contributed by atoms with Crippen LogP contribution in [0.25, 0.3) is 0 Å². The van der Waals surface area contributed by atoms with Crippen LogP contribution in [-0.4, -0.2) is 62.6 Å². The van der Waals surface area contributed by atoms with Gasteiger partial charge in [0.1, 0.15) is 6.61 Å². The number of hydrogen-bond donors (Lipinski definition) is 4. The molecule has 0 radical (unpaired) electrons. The molecule has 2 amide bonds. The fraction of sp³-hybridized carbons (Fsp3) is 0.414. The lowest BCUT2D eigenvalue weighted by molar-refractivity contribution is -0.136. The first-order valence-electron chi connectivity index (χ1n) is 13.4. The van der Waals surface area contributed by atoms with Crippen LogP contribution in [-0.2, 0) is 9.53 Å². The Morgan fingerprint density at radius 2 is 1.83 bits per heavy atom. The van der Waals surface area contributed by atoms with E-state index in [9.17, 15) is 14.7 Å². The second kappa shape index (κ2) is 15.3. The number of carbonyl (C=O) groups is 2. The zero-order valence-electron chi connectivity index (χ0n) is 24.4. The number of halogens is 1. The summed E-state index contributed by atoms with van der Waals surface area (Å²) in [5.74, 6) is 1.34. The Morgan fingerprint density at radius 1 is 1.12 bits per heavy atom. The molecule has 1 aliphatic heterocycles. The number of aliphatic hydroxyl groups excluding tert-OH is 1. The van der Waals surface area contributed by atoms with Gasteiger partial charge in [-0.1, -0.05) is 6.07 Å². The van der Waals surface area contributed by atoms with Crippen molar-refractivity contribution in [2.75, 3.05) is 26.9 Å². The number of ether oxygens (including phenoxy) is 5. The molecule has 0 saturated heterocycles. The Bertz CT molecular complexity index is 1330. The molecule has 2 aromatic rings. The fourth-order valence-electron chi connectivity index (χ4n) is 4.10. The van der Waals surface area contributed by atoms with Crippen LogP contribution >= 0.6 is 15.9 Å². The number of aliphatic hydroxyl groups is 1. The first-order valence-corrected chi connectivity index (χ1v) is 14.2. The molecule has 0 aromatic heterocycles. The largest absolute Gasteiger partial charge is 0.490 e. The van der Waals surface area contributed by atoms with E-state index in [0.29, 0.717) is 51.9 Å². The van der Waals surface area contributed by atoms with E-state index in [1.165, 1.54) is 13.3 Å². The van der Waals surface area contributed by atoms with Gasteiger partial charge < -0.3 is 39.4 Å². The highest BCUT2D eigenvalue weighted by Crippen LogP contribution is 2.37. The molecule has 2 aromatic carbocycles. The van der Waals surface area contributed by atoms with E-state index < -0.39 is 24.3 Å². The standard InChI is InChI=1S/C29H37BrN4O8/c1-7-39-22-13-19(26-25(28(36)38-6)17(5)32-29(37)33-26)9-10-21(22)41-15-24(35)34-31-14-18-11-20(30)27(42-16(3)4)23(12-18)40-8-2/h9-14,16,24,26,34-35H,7-8,15H2,1-6H3,(H2,32,33,37)/b31-14+/t24-,26-/m0/s1. The molecule has 1 heterocycles. The first kappa shape index (κ1) is 32.5. The topological polar surface area (TPSA) is 149 Å². The SMILES string of the molecule is CCOc1cc([C@@H]2NC(=O)NC(C)=C2C(=O)OC)ccc1OC[C@H](O)N/N=C/c1cc(Br)c(OC(C)C)c(OCC)c1. The number of hydrazone groups is 1. The van der Waals surface area contributed by atoms with Gasteiger partial charge in [-0.25, -0.2) is 9.59 Å². The van der Waals surface area contributed by atoms with Gasteiger partial charge in [-0.3, -0.25) is 5.43 Å². The summed E-state index contributed by atoms with van der Waals surface area (Å²) >= 11 is 3.52. The third kappa shape index (κ3) is 8.52. The van der Waals surface area contributed by atoms with Crippen molar-refractivity contribution in [3.05, 3.63) is 57.2 Å². The predicted molar refractivity (Wildman–Crippen MR) is 160 cm³/mol. The highest BCUT2D eigenvalue weighted by Gasteiger charge is 2.32. The number of methoxy groups -OCH3 is 1. The molecule has 0 fully saturated rings. The Kier molecular flexibility index (Phi) is 11.9. The Balaban J connectivity index is 1.70. The summed E-state index contributed by atoms with van der Waals surface area (Å²) in [6.07, 6.45) is 0.367. The second-order valence-electron chi connectivity index (χ2n) is 9.34. The summed E-state index contributed by atoms with van der Waals surface area (Å²) in [6, 6.07) is 7.43. The van der Waals surface area contributed by atoms with Gasteiger partial charge in [-0.2, -0.15) is 5.10 Å². The maximum absolute atomic E-state index is 12.4. The lowest BCUT2D eigenvalue weighted by Gasteiger charge is -2.28. The smallest absolute Gasteiger partial charge is 0.337 e. The Labute approximate surface area is 253 Å². The number of allylic oxidation sites excluding steroid dienone is 1. The molecule has 13 heteroatoms. The number of rotatable bonds is 14. The quantitative estimate of drug-likeness (QED) is 0.103. The number of nitrogens with one attached hydrogen (secondary N) is 3. The second-order valence-corrected chi connectivity index (χ2v) is 10.2. The molecule has 0 unspecified atom stereocenters. The molecule has 42 heavy (non-hydrogen) atoms. The minimum Gasteiger partial charge on any atom is -0.490 e. The molecule has 4 N–H and O–H groups in total. The number of carbonyl (C=O) groups excluding carboxylic acids is 2. The monoisotopic (exact) mass is 648 g/mol. The predicted octanol–water partition coefficient (Wildman–Crippen LogP) is 4.16. The maximum atomic E-state index is 12.4. The average molecular weight is 650 g/mol. The summed E-state index contributed by atoms with van der Waals surface area (Å²) in [4.78, 5) is 24.6. The Morgan fingerprint density at radius 3 is 2.50 bits per heavy atom. The summed E-state index contributed by atoms with van der Waals surface area (Å²) in [5, 5.41) is 19.9. The van der Waals surface area contributed by atoms with Gasteiger partial charge in [0.25, 0.3) is 0 Å². The summed E-state index contributed by atoms with van der Waals surface area (Å²) in [5.41, 5.74) is 4.60. The van der Waals surface area contributed by atoms with Crippen molar-refractivity contribution < 1.29 is 38.4 Å². The van der Waals surface area contributed by atoms with Crippen molar-refractivity contribution in [2.24, 2.45) is 5.10 Å². The van der Waals surface area contributed by atoms with Crippen molar-refractivity contribution >= 4 is 34.1 Å². The van der Waals surface area contributed by atoms with Gasteiger partial charge in [-0.05, 0) is 85.9 Å². The molecule has 3 rings (SSSR count). The van der Waals surface area contributed by atoms with Gasteiger partial charge in [0, 0.05) is 5.70 Å². The summed E-state index contributed by atoms with van der Waals surface area (Å²) in [6.45, 7) is 9.85. The van der Waals surface area contributed by atoms with Gasteiger partial charge in [-0.15, -0.1) is 0 Å². The third-order valence-electron chi connectivity index (χ3n) is 5.79. The van der Waals surface area contributed by atoms with Crippen molar-refractivity contribution in [1.29, 1.82) is 0 Å². The van der Waals surface area contributed by atoms with Gasteiger partial charge in [0.2, 0.25) is 0 Å². The first-order chi connectivity index (χ1) is 20.1. The van der Waals surface area contributed by atoms with Crippen LogP contribution in [0.2, 0.25) is 0 Å². The number of nitrogens with zero attached hydrogens (tertiary/aromatic N) is 1. The van der Waals surface area contributed by atoms with Crippen molar-refractivity contribution in [3.63, 3.8) is 0 Å². The van der Waals surface area contributed by atoms with E-state index in [-0.39, 0.29) is 18.3 Å². The molecule has 0 saturated carbocycles. The molecule has 12 nitrogen and oxygen atoms in total. The van der Waals surface area contributed by atoms with E-state index >= 15 is 0 Å². The van der Waals surface area contributed by atoms with Crippen LogP contribution in [0, 0.1) is 0 Å². The number of urea groups is 1. The Hall–Kier alpha value is -3.97. The summed E-state index contributed by atoms with van der Waals surface area (Å²) in [7, 11) is 1.28. The minimum absolute atomic E-state index is 0.0277. The number of amides is 2. The zero-order valence-corrected chi connectivity index (χ0v) is 26.0. The highest BCUT2D eigenvalue weighted by atomic mass is 79.9. The fourth-order valence-corrected chi connectivity index (χ4v) is 4.65. The molecule has 2 atom stereocenters. The number of hydrogen-bond acceptors (Lipinski definition) is 10. The summed E-state index contributed by atoms with van der Waals surface area (Å²) < 4.78 is 28.7. The van der Waals surface area contributed by atoms with E-state index in [0.717, 1.165) is 5.56 Å². The molecule has 0 aliphatic carbocycles. The zero-order chi connectivity index (χ0) is 30.8. The van der Waals surface area contributed by atoms with Gasteiger partial charge in [0.05, 0.1) is 48.7 Å². The normalized spacial score (nSPS) is 15.6. The molecule has 0 bridgehead atoms. The van der Waals surface area contributed by atoms with Crippen LogP contribution in [0.4, 0.5) is 4.79 Å². The lowest BCUT2D eigenvalue weighted by Crippen LogP contribution is -2.45. The molecule has 228 valence electrons. The number of benzene rings is 2. The molecular weight excluding hydrogens is 612 g/mol. The number of esters is 1. The van der Waals surface area contributed by atoms with E-state index in [1.807, 2.05) is 33.8 Å². The molecular formula is C29H37BrN4O8. The van der Waals surface area contributed by atoms with E-state index in [1.54, 1.807) is 31.2 Å².